The van der Waals surface area contributed by atoms with E-state index in [1.807, 2.05) is 13.0 Å². The molecule has 0 aliphatic heterocycles. The van der Waals surface area contributed by atoms with Crippen molar-refractivity contribution in [2.45, 2.75) is 46.1 Å². The third-order valence-corrected chi connectivity index (χ3v) is 5.89. The van der Waals surface area contributed by atoms with Crippen LogP contribution in [0.4, 0.5) is 0 Å². The minimum Gasteiger partial charge on any atom is -0.485 e. The standard InChI is InChI=1S/C23H26Cl2N2O3/c1-3-4-7-16(13-28)12-20(29)22-15(2)26-23-21(10-6-11-27(22)23)30-14-17-18(24)8-5-9-19(17)25/h5-6,8-11,16,28H,3-4,7,12-14H2,1-2H3/t16-/m0/s1. The van der Waals surface area contributed by atoms with E-state index in [0.29, 0.717) is 44.8 Å². The molecule has 0 radical (unpaired) electrons. The molecule has 0 spiro atoms. The topological polar surface area (TPSA) is 63.8 Å². The zero-order valence-corrected chi connectivity index (χ0v) is 18.7. The predicted octanol–water partition coefficient (Wildman–Crippen LogP) is 5.90. The number of ether oxygens (including phenoxy) is 1. The van der Waals surface area contributed by atoms with E-state index < -0.39 is 0 Å². The van der Waals surface area contributed by atoms with Gasteiger partial charge in [-0.1, -0.05) is 49.0 Å². The fourth-order valence-corrected chi connectivity index (χ4v) is 4.04. The molecule has 0 saturated heterocycles. The number of hydrogen-bond acceptors (Lipinski definition) is 4. The van der Waals surface area contributed by atoms with E-state index in [1.54, 1.807) is 34.9 Å². The van der Waals surface area contributed by atoms with Crippen LogP contribution in [0.25, 0.3) is 5.65 Å². The number of aliphatic hydroxyl groups excluding tert-OH is 1. The fraction of sp³-hybridized carbons (Fsp3) is 0.391. The summed E-state index contributed by atoms with van der Waals surface area (Å²) < 4.78 is 7.73. The van der Waals surface area contributed by atoms with Crippen LogP contribution in [0.1, 0.15) is 54.4 Å². The summed E-state index contributed by atoms with van der Waals surface area (Å²) in [4.78, 5) is 17.6. The van der Waals surface area contributed by atoms with E-state index in [9.17, 15) is 9.90 Å². The zero-order chi connectivity index (χ0) is 21.7. The summed E-state index contributed by atoms with van der Waals surface area (Å²) in [6.45, 7) is 4.11. The van der Waals surface area contributed by atoms with Crippen LogP contribution in [0.5, 0.6) is 5.75 Å². The highest BCUT2D eigenvalue weighted by Crippen LogP contribution is 2.28. The number of aryl methyl sites for hydroxylation is 1. The minimum atomic E-state index is -0.0378. The molecule has 160 valence electrons. The highest BCUT2D eigenvalue weighted by atomic mass is 35.5. The van der Waals surface area contributed by atoms with Gasteiger partial charge in [0.25, 0.3) is 0 Å². The first-order chi connectivity index (χ1) is 14.5. The lowest BCUT2D eigenvalue weighted by atomic mass is 9.95. The molecule has 0 fully saturated rings. The van der Waals surface area contributed by atoms with Gasteiger partial charge in [-0.05, 0) is 43.5 Å². The van der Waals surface area contributed by atoms with E-state index >= 15 is 0 Å². The summed E-state index contributed by atoms with van der Waals surface area (Å²) in [5, 5.41) is 10.7. The Labute approximate surface area is 186 Å². The van der Waals surface area contributed by atoms with Crippen molar-refractivity contribution in [3.05, 3.63) is 63.5 Å². The van der Waals surface area contributed by atoms with Crippen LogP contribution in [0.3, 0.4) is 0 Å². The molecular weight excluding hydrogens is 423 g/mol. The Bertz CT molecular complexity index is 1010. The van der Waals surface area contributed by atoms with Crippen molar-refractivity contribution >= 4 is 34.6 Å². The maximum absolute atomic E-state index is 13.0. The van der Waals surface area contributed by atoms with Gasteiger partial charge in [-0.15, -0.1) is 0 Å². The lowest BCUT2D eigenvalue weighted by Crippen LogP contribution is -2.15. The van der Waals surface area contributed by atoms with Gasteiger partial charge >= 0.3 is 0 Å². The van der Waals surface area contributed by atoms with Crippen LogP contribution in [0.15, 0.2) is 36.5 Å². The lowest BCUT2D eigenvalue weighted by molar-refractivity contribution is 0.0923. The Morgan fingerprint density at radius 3 is 2.63 bits per heavy atom. The van der Waals surface area contributed by atoms with Crippen LogP contribution in [-0.2, 0) is 6.61 Å². The number of Topliss-reactive ketones (excluding diaryl/α,β-unsaturated/α-hetero) is 1. The van der Waals surface area contributed by atoms with Crippen molar-refractivity contribution in [2.75, 3.05) is 6.61 Å². The molecule has 1 aromatic carbocycles. The van der Waals surface area contributed by atoms with Gasteiger partial charge in [-0.2, -0.15) is 0 Å². The number of carbonyl (C=O) groups excluding carboxylic acids is 1. The number of pyridine rings is 1. The molecule has 1 atom stereocenters. The average Bonchev–Trinajstić information content (AvgIpc) is 3.07. The molecule has 7 heteroatoms. The highest BCUT2D eigenvalue weighted by molar-refractivity contribution is 6.35. The zero-order valence-electron chi connectivity index (χ0n) is 17.2. The van der Waals surface area contributed by atoms with E-state index in [4.69, 9.17) is 27.9 Å². The summed E-state index contributed by atoms with van der Waals surface area (Å²) in [6.07, 6.45) is 4.97. The summed E-state index contributed by atoms with van der Waals surface area (Å²) in [5.74, 6) is 0.478. The molecule has 0 unspecified atom stereocenters. The van der Waals surface area contributed by atoms with Crippen molar-refractivity contribution < 1.29 is 14.6 Å². The number of carbonyl (C=O) groups is 1. The van der Waals surface area contributed by atoms with Gasteiger partial charge in [0.15, 0.2) is 17.2 Å². The largest absolute Gasteiger partial charge is 0.485 e. The highest BCUT2D eigenvalue weighted by Gasteiger charge is 2.22. The summed E-state index contributed by atoms with van der Waals surface area (Å²) in [6, 6.07) is 8.93. The quantitative estimate of drug-likeness (QED) is 0.392. The van der Waals surface area contributed by atoms with Gasteiger partial charge in [-0.3, -0.25) is 9.20 Å². The lowest BCUT2D eigenvalue weighted by Gasteiger charge is -2.13. The molecule has 0 aliphatic carbocycles. The van der Waals surface area contributed by atoms with Crippen LogP contribution < -0.4 is 4.74 Å². The van der Waals surface area contributed by atoms with Gasteiger partial charge in [0, 0.05) is 34.8 Å². The van der Waals surface area contributed by atoms with Crippen LogP contribution >= 0.6 is 23.2 Å². The Hall–Kier alpha value is -2.08. The maximum Gasteiger partial charge on any atom is 0.181 e. The van der Waals surface area contributed by atoms with Crippen LogP contribution in [0.2, 0.25) is 10.0 Å². The Morgan fingerprint density at radius 1 is 1.23 bits per heavy atom. The number of benzene rings is 1. The first kappa shape index (κ1) is 22.6. The molecule has 0 saturated carbocycles. The smallest absolute Gasteiger partial charge is 0.181 e. The molecule has 0 amide bonds. The number of aromatic nitrogens is 2. The van der Waals surface area contributed by atoms with Gasteiger partial charge in [0.2, 0.25) is 0 Å². The third-order valence-electron chi connectivity index (χ3n) is 5.18. The second-order valence-corrected chi connectivity index (χ2v) is 8.23. The molecule has 0 bridgehead atoms. The first-order valence-electron chi connectivity index (χ1n) is 10.1. The predicted molar refractivity (Wildman–Crippen MR) is 120 cm³/mol. The fourth-order valence-electron chi connectivity index (χ4n) is 3.53. The van der Waals surface area contributed by atoms with Crippen molar-refractivity contribution in [1.82, 2.24) is 9.38 Å². The number of rotatable bonds is 10. The third kappa shape index (κ3) is 4.97. The van der Waals surface area contributed by atoms with E-state index in [-0.39, 0.29) is 24.9 Å². The Morgan fingerprint density at radius 2 is 1.97 bits per heavy atom. The summed E-state index contributed by atoms with van der Waals surface area (Å²) in [5.41, 5.74) is 2.43. The number of ketones is 1. The molecule has 1 N–H and O–H groups in total. The van der Waals surface area contributed by atoms with Crippen molar-refractivity contribution in [3.63, 3.8) is 0 Å². The van der Waals surface area contributed by atoms with Crippen molar-refractivity contribution in [3.8, 4) is 5.75 Å². The normalized spacial score (nSPS) is 12.3. The SMILES string of the molecule is CCCC[C@H](CO)CC(=O)c1c(C)nc2c(OCc3c(Cl)cccc3Cl)cccn12. The molecule has 30 heavy (non-hydrogen) atoms. The monoisotopic (exact) mass is 448 g/mol. The molecule has 2 aromatic heterocycles. The number of hydrogen-bond donors (Lipinski definition) is 1. The summed E-state index contributed by atoms with van der Waals surface area (Å²) in [7, 11) is 0. The second-order valence-electron chi connectivity index (χ2n) is 7.42. The average molecular weight is 449 g/mol. The number of nitrogens with zero attached hydrogens (tertiary/aromatic N) is 2. The number of fused-ring (bicyclic) bond motifs is 1. The molecule has 5 nitrogen and oxygen atoms in total. The molecule has 2 heterocycles. The minimum absolute atomic E-state index is 0.00841. The van der Waals surface area contributed by atoms with Gasteiger partial charge in [0.05, 0.1) is 5.69 Å². The molecule has 3 aromatic rings. The van der Waals surface area contributed by atoms with Gasteiger partial charge < -0.3 is 9.84 Å². The Kier molecular flexibility index (Phi) is 7.75. The first-order valence-corrected chi connectivity index (χ1v) is 10.9. The van der Waals surface area contributed by atoms with Crippen molar-refractivity contribution in [2.24, 2.45) is 5.92 Å². The molecule has 0 aliphatic rings. The van der Waals surface area contributed by atoms with E-state index in [2.05, 4.69) is 11.9 Å². The number of aliphatic hydroxyl groups is 1. The number of halogens is 2. The van der Waals surface area contributed by atoms with Crippen molar-refractivity contribution in [1.29, 1.82) is 0 Å². The number of imidazole rings is 1. The summed E-state index contributed by atoms with van der Waals surface area (Å²) >= 11 is 12.5. The van der Waals surface area contributed by atoms with Gasteiger partial charge in [-0.25, -0.2) is 4.98 Å². The second kappa shape index (κ2) is 10.3. The molecule has 3 rings (SSSR count). The number of unbranched alkanes of at least 4 members (excludes halogenated alkanes) is 1. The van der Waals surface area contributed by atoms with Crippen LogP contribution in [0, 0.1) is 12.8 Å². The van der Waals surface area contributed by atoms with E-state index in [0.717, 1.165) is 19.3 Å². The van der Waals surface area contributed by atoms with Gasteiger partial charge in [0.1, 0.15) is 12.3 Å². The Balaban J connectivity index is 1.85. The molecular formula is C23H26Cl2N2O3. The van der Waals surface area contributed by atoms with Crippen LogP contribution in [-0.4, -0.2) is 26.9 Å². The van der Waals surface area contributed by atoms with E-state index in [1.165, 1.54) is 0 Å². The maximum atomic E-state index is 13.0.